The van der Waals surface area contributed by atoms with Crippen molar-refractivity contribution in [1.82, 2.24) is 10.2 Å². The molecule has 4 aromatic rings. The van der Waals surface area contributed by atoms with Gasteiger partial charge in [-0.25, -0.2) is 4.39 Å². The van der Waals surface area contributed by atoms with Gasteiger partial charge in [-0.05, 0) is 58.7 Å². The molecule has 0 saturated heterocycles. The Bertz CT molecular complexity index is 1500. The number of nitrogens with one attached hydrogen (secondary N) is 1. The molecule has 212 valence electrons. The largest absolute Gasteiger partial charge is 0.493 e. The molecule has 1 atom stereocenters. The lowest BCUT2D eigenvalue weighted by atomic mass is 10.0. The zero-order valence-corrected chi connectivity index (χ0v) is 24.1. The maximum Gasteiger partial charge on any atom is 0.247 e. The highest BCUT2D eigenvalue weighted by Gasteiger charge is 2.31. The highest BCUT2D eigenvalue weighted by molar-refractivity contribution is 6.35. The smallest absolute Gasteiger partial charge is 0.247 e. The average Bonchev–Trinajstić information content (AvgIpc) is 2.97. The summed E-state index contributed by atoms with van der Waals surface area (Å²) >= 11 is 12.4. The fraction of sp³-hybridized carbons (Fsp3) is 0.188. The van der Waals surface area contributed by atoms with E-state index in [9.17, 15) is 14.0 Å². The van der Waals surface area contributed by atoms with E-state index >= 15 is 0 Å². The highest BCUT2D eigenvalue weighted by atomic mass is 35.5. The first-order valence-corrected chi connectivity index (χ1v) is 13.6. The third kappa shape index (κ3) is 7.78. The van der Waals surface area contributed by atoms with Gasteiger partial charge in [0.25, 0.3) is 0 Å². The van der Waals surface area contributed by atoms with Crippen LogP contribution in [0.3, 0.4) is 0 Å². The predicted molar refractivity (Wildman–Crippen MR) is 158 cm³/mol. The van der Waals surface area contributed by atoms with E-state index in [1.54, 1.807) is 72.8 Å². The Balaban J connectivity index is 1.69. The number of benzene rings is 4. The normalized spacial score (nSPS) is 11.4. The van der Waals surface area contributed by atoms with Crippen LogP contribution in [0.4, 0.5) is 4.39 Å². The first kappa shape index (κ1) is 29.9. The van der Waals surface area contributed by atoms with Crippen LogP contribution >= 0.6 is 23.2 Å². The van der Waals surface area contributed by atoms with Gasteiger partial charge in [0.2, 0.25) is 11.8 Å². The van der Waals surface area contributed by atoms with Crippen molar-refractivity contribution in [2.24, 2.45) is 0 Å². The van der Waals surface area contributed by atoms with Crippen molar-refractivity contribution in [3.8, 4) is 11.5 Å². The number of ether oxygens (including phenoxy) is 2. The number of hydrogen-bond donors (Lipinski definition) is 1. The SMILES string of the molecule is COc1ccc(CC(=O)N(Cc2ccc(F)cc2)C(C(=O)NCc2ccc(Cl)cc2Cl)c2ccccc2)cc1OC. The second-order valence-electron chi connectivity index (χ2n) is 9.28. The van der Waals surface area contributed by atoms with E-state index in [1.165, 1.54) is 31.3 Å². The van der Waals surface area contributed by atoms with Gasteiger partial charge in [0, 0.05) is 23.1 Å². The minimum atomic E-state index is -0.986. The number of nitrogens with zero attached hydrogens (tertiary/aromatic N) is 1. The molecular weight excluding hydrogens is 566 g/mol. The van der Waals surface area contributed by atoms with E-state index < -0.39 is 17.8 Å². The van der Waals surface area contributed by atoms with E-state index in [0.29, 0.717) is 43.8 Å². The predicted octanol–water partition coefficient (Wildman–Crippen LogP) is 6.78. The maximum absolute atomic E-state index is 14.0. The van der Waals surface area contributed by atoms with E-state index in [4.69, 9.17) is 32.7 Å². The number of hydrogen-bond acceptors (Lipinski definition) is 4. The average molecular weight is 595 g/mol. The molecule has 0 heterocycles. The van der Waals surface area contributed by atoms with Crippen LogP contribution in [-0.2, 0) is 29.1 Å². The monoisotopic (exact) mass is 594 g/mol. The molecule has 1 unspecified atom stereocenters. The first-order valence-electron chi connectivity index (χ1n) is 12.8. The summed E-state index contributed by atoms with van der Waals surface area (Å²) in [6, 6.07) is 24.2. The molecule has 1 N–H and O–H groups in total. The molecule has 6 nitrogen and oxygen atoms in total. The summed E-state index contributed by atoms with van der Waals surface area (Å²) in [5.74, 6) is -0.0800. The van der Waals surface area contributed by atoms with Crippen molar-refractivity contribution in [1.29, 1.82) is 0 Å². The Labute approximate surface area is 248 Å². The van der Waals surface area contributed by atoms with Gasteiger partial charge in [0.1, 0.15) is 11.9 Å². The van der Waals surface area contributed by atoms with Crippen LogP contribution < -0.4 is 14.8 Å². The van der Waals surface area contributed by atoms with Crippen LogP contribution in [-0.4, -0.2) is 30.9 Å². The first-order chi connectivity index (χ1) is 19.8. The van der Waals surface area contributed by atoms with E-state index in [2.05, 4.69) is 5.32 Å². The minimum absolute atomic E-state index is 0.0127. The van der Waals surface area contributed by atoms with Crippen LogP contribution in [0.15, 0.2) is 91.0 Å². The molecule has 0 radical (unpaired) electrons. The number of amides is 2. The lowest BCUT2D eigenvalue weighted by Crippen LogP contribution is -2.43. The van der Waals surface area contributed by atoms with Crippen LogP contribution in [0.5, 0.6) is 11.5 Å². The second kappa shape index (κ2) is 14.0. The van der Waals surface area contributed by atoms with Gasteiger partial charge < -0.3 is 19.7 Å². The summed E-state index contributed by atoms with van der Waals surface area (Å²) in [4.78, 5) is 29.3. The lowest BCUT2D eigenvalue weighted by molar-refractivity contribution is -0.141. The summed E-state index contributed by atoms with van der Waals surface area (Å²) in [6.45, 7) is 0.202. The molecule has 0 bridgehead atoms. The van der Waals surface area contributed by atoms with Crippen LogP contribution in [0.2, 0.25) is 10.0 Å². The van der Waals surface area contributed by atoms with Crippen LogP contribution in [0.1, 0.15) is 28.3 Å². The number of rotatable bonds is 11. The second-order valence-corrected chi connectivity index (χ2v) is 10.1. The third-order valence-corrected chi connectivity index (χ3v) is 7.12. The van der Waals surface area contributed by atoms with Gasteiger partial charge in [0.05, 0.1) is 20.6 Å². The van der Waals surface area contributed by atoms with Crippen molar-refractivity contribution in [2.75, 3.05) is 14.2 Å². The Hall–Kier alpha value is -4.07. The van der Waals surface area contributed by atoms with Gasteiger partial charge in [-0.15, -0.1) is 0 Å². The summed E-state index contributed by atoms with van der Waals surface area (Å²) in [6.07, 6.45) is -0.0127. The summed E-state index contributed by atoms with van der Waals surface area (Å²) in [5, 5.41) is 3.83. The molecule has 0 aliphatic rings. The van der Waals surface area contributed by atoms with Gasteiger partial charge in [0.15, 0.2) is 11.5 Å². The van der Waals surface area contributed by atoms with Gasteiger partial charge >= 0.3 is 0 Å². The Morgan fingerprint density at radius 2 is 1.54 bits per heavy atom. The number of halogens is 3. The Kier molecular flexibility index (Phi) is 10.2. The molecule has 0 fully saturated rings. The molecule has 0 aromatic heterocycles. The molecule has 0 saturated carbocycles. The highest BCUT2D eigenvalue weighted by Crippen LogP contribution is 2.30. The fourth-order valence-corrected chi connectivity index (χ4v) is 4.90. The molecule has 4 rings (SSSR count). The maximum atomic E-state index is 14.0. The topological polar surface area (TPSA) is 67.9 Å². The lowest BCUT2D eigenvalue weighted by Gasteiger charge is -2.32. The molecule has 0 aliphatic heterocycles. The van der Waals surface area contributed by atoms with E-state index in [0.717, 1.165) is 0 Å². The molecule has 0 spiro atoms. The molecule has 41 heavy (non-hydrogen) atoms. The number of methoxy groups -OCH3 is 2. The van der Waals surface area contributed by atoms with Crippen LogP contribution in [0.25, 0.3) is 0 Å². The summed E-state index contributed by atoms with van der Waals surface area (Å²) < 4.78 is 24.4. The van der Waals surface area contributed by atoms with Crippen LogP contribution in [0, 0.1) is 5.82 Å². The molecule has 4 aromatic carbocycles. The molecule has 0 aliphatic carbocycles. The quantitative estimate of drug-likeness (QED) is 0.208. The van der Waals surface area contributed by atoms with Crippen molar-refractivity contribution in [3.05, 3.63) is 129 Å². The molecule has 2 amide bonds. The van der Waals surface area contributed by atoms with Crippen molar-refractivity contribution < 1.29 is 23.5 Å². The summed E-state index contributed by atoms with van der Waals surface area (Å²) in [5.41, 5.74) is 2.64. The van der Waals surface area contributed by atoms with Gasteiger partial charge in [-0.1, -0.05) is 77.8 Å². The zero-order chi connectivity index (χ0) is 29.4. The standard InChI is InChI=1S/C32H29Cl2FN2O4/c1-40-28-15-10-22(16-29(28)41-2)17-30(38)37(20-21-8-13-26(35)14-9-21)31(23-6-4-3-5-7-23)32(39)36-19-24-11-12-25(33)18-27(24)34/h3-16,18,31H,17,19-20H2,1-2H3,(H,36,39). The van der Waals surface area contributed by atoms with Crippen molar-refractivity contribution in [3.63, 3.8) is 0 Å². The minimum Gasteiger partial charge on any atom is -0.493 e. The van der Waals surface area contributed by atoms with Gasteiger partial charge in [-0.3, -0.25) is 9.59 Å². The summed E-state index contributed by atoms with van der Waals surface area (Å²) in [7, 11) is 3.06. The number of carbonyl (C=O) groups is 2. The third-order valence-electron chi connectivity index (χ3n) is 6.53. The molecular formula is C32H29Cl2FN2O4. The Morgan fingerprint density at radius 3 is 2.20 bits per heavy atom. The van der Waals surface area contributed by atoms with E-state index in [1.807, 2.05) is 6.07 Å². The molecule has 9 heteroatoms. The van der Waals surface area contributed by atoms with Crippen molar-refractivity contribution >= 4 is 35.0 Å². The van der Waals surface area contributed by atoms with Crippen molar-refractivity contribution in [2.45, 2.75) is 25.6 Å². The van der Waals surface area contributed by atoms with Gasteiger partial charge in [-0.2, -0.15) is 0 Å². The Morgan fingerprint density at radius 1 is 0.854 bits per heavy atom. The number of carbonyl (C=O) groups excluding carboxylic acids is 2. The van der Waals surface area contributed by atoms with E-state index in [-0.39, 0.29) is 25.4 Å². The zero-order valence-electron chi connectivity index (χ0n) is 22.6. The fourth-order valence-electron chi connectivity index (χ4n) is 4.43.